The van der Waals surface area contributed by atoms with Gasteiger partial charge in [-0.25, -0.2) is 4.99 Å². The molecule has 0 N–H and O–H groups in total. The van der Waals surface area contributed by atoms with Gasteiger partial charge < -0.3 is 0 Å². The third kappa shape index (κ3) is 2.24. The number of nitrogens with zero attached hydrogens (tertiary/aromatic N) is 1. The van der Waals surface area contributed by atoms with Gasteiger partial charge in [-0.1, -0.05) is 33.1 Å². The van der Waals surface area contributed by atoms with Crippen molar-refractivity contribution in [1.82, 2.24) is 0 Å². The van der Waals surface area contributed by atoms with Gasteiger partial charge in [0.2, 0.25) is 0 Å². The molecule has 4 saturated carbocycles. The van der Waals surface area contributed by atoms with Crippen LogP contribution in [-0.2, 0) is 0 Å². The van der Waals surface area contributed by atoms with Crippen LogP contribution >= 0.6 is 0 Å². The zero-order valence-electron chi connectivity index (χ0n) is 16.0. The zero-order valence-corrected chi connectivity index (χ0v) is 16.0. The lowest BCUT2D eigenvalue weighted by atomic mass is 9.45. The fourth-order valence-electron chi connectivity index (χ4n) is 8.16. The molecule has 7 atom stereocenters. The Balaban J connectivity index is 1.62. The van der Waals surface area contributed by atoms with E-state index in [-0.39, 0.29) is 0 Å². The summed E-state index contributed by atoms with van der Waals surface area (Å²) in [6.07, 6.45) is 20.1. The topological polar surface area (TPSA) is 12.4 Å². The normalized spacial score (nSPS) is 51.2. The van der Waals surface area contributed by atoms with Gasteiger partial charge in [-0.2, -0.15) is 0 Å². The summed E-state index contributed by atoms with van der Waals surface area (Å²) in [6.45, 7) is 7.44. The smallest absolute Gasteiger partial charge is 0.0301 e. The minimum absolute atomic E-state index is 0.462. The van der Waals surface area contributed by atoms with Crippen molar-refractivity contribution in [3.8, 4) is 12.5 Å². The molecule has 1 heteroatoms. The van der Waals surface area contributed by atoms with Crippen LogP contribution < -0.4 is 0 Å². The average molecular weight is 326 g/mol. The van der Waals surface area contributed by atoms with Crippen LogP contribution in [-0.4, -0.2) is 5.71 Å². The summed E-state index contributed by atoms with van der Waals surface area (Å²) in [4.78, 5) is 4.37. The van der Waals surface area contributed by atoms with Gasteiger partial charge in [0.15, 0.2) is 0 Å². The maximum absolute atomic E-state index is 5.47. The molecule has 0 aromatic heterocycles. The summed E-state index contributed by atoms with van der Waals surface area (Å²) in [7, 11) is 0. The molecule has 4 fully saturated rings. The molecule has 0 bridgehead atoms. The molecule has 0 spiro atoms. The first-order valence-corrected chi connectivity index (χ1v) is 10.5. The second-order valence-electron chi connectivity index (χ2n) is 9.96. The number of hydrogen-bond acceptors (Lipinski definition) is 1. The van der Waals surface area contributed by atoms with E-state index in [2.05, 4.69) is 31.8 Å². The lowest BCUT2D eigenvalue weighted by molar-refractivity contribution is -0.106. The van der Waals surface area contributed by atoms with Gasteiger partial charge in [0.05, 0.1) is 0 Å². The molecule has 4 aliphatic rings. The maximum atomic E-state index is 5.47. The average Bonchev–Trinajstić information content (AvgIpc) is 2.92. The van der Waals surface area contributed by atoms with Gasteiger partial charge in [0.25, 0.3) is 0 Å². The summed E-state index contributed by atoms with van der Waals surface area (Å²) in [5.74, 6) is 4.56. The van der Waals surface area contributed by atoms with Gasteiger partial charge in [-0.05, 0) is 92.8 Å². The highest BCUT2D eigenvalue weighted by molar-refractivity contribution is 5.86. The first-order valence-electron chi connectivity index (χ1n) is 10.5. The minimum atomic E-state index is 0.462. The first-order chi connectivity index (χ1) is 11.5. The Morgan fingerprint density at radius 3 is 2.50 bits per heavy atom. The summed E-state index contributed by atoms with van der Waals surface area (Å²) >= 11 is 0. The van der Waals surface area contributed by atoms with E-state index < -0.39 is 0 Å². The summed E-state index contributed by atoms with van der Waals surface area (Å²) in [5.41, 5.74) is 2.35. The SMILES string of the molecule is C#CN=C(C)C1CCC2C3CCC4CCCCC4(C)C3CCC12C. The van der Waals surface area contributed by atoms with E-state index >= 15 is 0 Å². The highest BCUT2D eigenvalue weighted by atomic mass is 14.7. The maximum Gasteiger partial charge on any atom is 0.0301 e. The third-order valence-electron chi connectivity index (χ3n) is 9.33. The molecule has 24 heavy (non-hydrogen) atoms. The van der Waals surface area contributed by atoms with E-state index in [0.29, 0.717) is 16.7 Å². The molecule has 132 valence electrons. The second kappa shape index (κ2) is 5.89. The van der Waals surface area contributed by atoms with Gasteiger partial charge in [0, 0.05) is 17.7 Å². The van der Waals surface area contributed by atoms with E-state index in [1.807, 2.05) is 0 Å². The van der Waals surface area contributed by atoms with E-state index in [9.17, 15) is 0 Å². The van der Waals surface area contributed by atoms with Crippen molar-refractivity contribution in [3.05, 3.63) is 0 Å². The molecule has 0 aromatic carbocycles. The van der Waals surface area contributed by atoms with Crippen molar-refractivity contribution in [2.75, 3.05) is 0 Å². The largest absolute Gasteiger partial charge is 0.207 e. The van der Waals surface area contributed by atoms with E-state index in [0.717, 1.165) is 23.7 Å². The molecule has 4 aliphatic carbocycles. The quantitative estimate of drug-likeness (QED) is 0.409. The number of fused-ring (bicyclic) bond motifs is 5. The molecule has 1 nitrogen and oxygen atoms in total. The van der Waals surface area contributed by atoms with Crippen LogP contribution in [0.4, 0.5) is 0 Å². The molecule has 4 rings (SSSR count). The van der Waals surface area contributed by atoms with Crippen molar-refractivity contribution in [1.29, 1.82) is 0 Å². The lowest BCUT2D eigenvalue weighted by Crippen LogP contribution is -2.53. The first kappa shape index (κ1) is 16.7. The van der Waals surface area contributed by atoms with Crippen molar-refractivity contribution < 1.29 is 0 Å². The molecule has 0 saturated heterocycles. The van der Waals surface area contributed by atoms with Gasteiger partial charge >= 0.3 is 0 Å². The van der Waals surface area contributed by atoms with Crippen LogP contribution in [0.15, 0.2) is 4.99 Å². The van der Waals surface area contributed by atoms with Crippen LogP contribution in [0.3, 0.4) is 0 Å². The molecule has 7 unspecified atom stereocenters. The van der Waals surface area contributed by atoms with Crippen molar-refractivity contribution in [2.45, 2.75) is 85.0 Å². The van der Waals surface area contributed by atoms with Crippen LogP contribution in [0.1, 0.15) is 85.0 Å². The summed E-state index contributed by atoms with van der Waals surface area (Å²) < 4.78 is 0. The van der Waals surface area contributed by atoms with E-state index in [4.69, 9.17) is 6.42 Å². The number of rotatable bonds is 1. The molecule has 0 radical (unpaired) electrons. The van der Waals surface area contributed by atoms with Crippen molar-refractivity contribution in [3.63, 3.8) is 0 Å². The number of terminal acetylenes is 1. The summed E-state index contributed by atoms with van der Waals surface area (Å²) in [6, 6.07) is 2.54. The van der Waals surface area contributed by atoms with Crippen LogP contribution in [0.5, 0.6) is 0 Å². The molecule has 0 aromatic rings. The van der Waals surface area contributed by atoms with Crippen molar-refractivity contribution in [2.24, 2.45) is 45.4 Å². The molecular formula is C23H35N. The van der Waals surface area contributed by atoms with E-state index in [1.54, 1.807) is 0 Å². The van der Waals surface area contributed by atoms with Gasteiger partial charge in [-0.15, -0.1) is 0 Å². The van der Waals surface area contributed by atoms with Crippen LogP contribution in [0.25, 0.3) is 0 Å². The van der Waals surface area contributed by atoms with Crippen molar-refractivity contribution >= 4 is 5.71 Å². The standard InChI is InChI=1S/C23H35N/c1-5-24-16(2)19-11-12-20-18-10-9-17-8-6-7-14-22(17,3)21(18)13-15-23(19,20)4/h1,17-21H,6-15H2,2-4H3. The number of hydrogen-bond donors (Lipinski definition) is 0. The predicted octanol–water partition coefficient (Wildman–Crippen LogP) is 6.09. The Bertz CT molecular complexity index is 569. The summed E-state index contributed by atoms with van der Waals surface area (Å²) in [5, 5.41) is 0. The van der Waals surface area contributed by atoms with Gasteiger partial charge in [0.1, 0.15) is 0 Å². The monoisotopic (exact) mass is 325 g/mol. The lowest BCUT2D eigenvalue weighted by Gasteiger charge is -2.60. The predicted molar refractivity (Wildman–Crippen MR) is 102 cm³/mol. The molecule has 0 amide bonds. The Hall–Kier alpha value is -0.770. The Morgan fingerprint density at radius 2 is 1.71 bits per heavy atom. The highest BCUT2D eigenvalue weighted by Crippen LogP contribution is 2.67. The Labute approximate surface area is 149 Å². The Kier molecular flexibility index (Phi) is 4.10. The molecule has 0 aliphatic heterocycles. The number of aliphatic imine (C=N–C) groups is 1. The third-order valence-corrected chi connectivity index (χ3v) is 9.33. The molecular weight excluding hydrogens is 290 g/mol. The fraction of sp³-hybridized carbons (Fsp3) is 0.870. The molecule has 0 heterocycles. The van der Waals surface area contributed by atoms with Crippen LogP contribution in [0.2, 0.25) is 0 Å². The highest BCUT2D eigenvalue weighted by Gasteiger charge is 2.59. The minimum Gasteiger partial charge on any atom is -0.207 e. The zero-order chi connectivity index (χ0) is 16.9. The fourth-order valence-corrected chi connectivity index (χ4v) is 8.16. The van der Waals surface area contributed by atoms with E-state index in [1.165, 1.54) is 69.9 Å². The second-order valence-corrected chi connectivity index (χ2v) is 9.96. The Morgan fingerprint density at radius 1 is 0.917 bits per heavy atom. The van der Waals surface area contributed by atoms with Crippen LogP contribution in [0, 0.1) is 52.9 Å². The van der Waals surface area contributed by atoms with Gasteiger partial charge in [-0.3, -0.25) is 0 Å².